The Bertz CT molecular complexity index is 698. The SMILES string of the molecule is Cc1nc2ccnn2c(NCCCn2ccnc2)c1C. The highest BCUT2D eigenvalue weighted by Crippen LogP contribution is 2.18. The normalized spacial score (nSPS) is 11.1. The number of hydrogen-bond acceptors (Lipinski definition) is 4. The van der Waals surface area contributed by atoms with Gasteiger partial charge in [0.05, 0.1) is 12.5 Å². The summed E-state index contributed by atoms with van der Waals surface area (Å²) in [6.45, 7) is 5.94. The molecule has 0 aliphatic carbocycles. The summed E-state index contributed by atoms with van der Waals surface area (Å²) in [6, 6.07) is 1.92. The molecule has 6 nitrogen and oxygen atoms in total. The largest absolute Gasteiger partial charge is 0.370 e. The summed E-state index contributed by atoms with van der Waals surface area (Å²) in [6.07, 6.45) is 8.43. The molecule has 0 spiro atoms. The van der Waals surface area contributed by atoms with Crippen LogP contribution in [0.15, 0.2) is 31.0 Å². The lowest BCUT2D eigenvalue weighted by Gasteiger charge is -2.13. The zero-order valence-corrected chi connectivity index (χ0v) is 11.7. The first-order valence-corrected chi connectivity index (χ1v) is 6.76. The van der Waals surface area contributed by atoms with Crippen molar-refractivity contribution in [1.29, 1.82) is 0 Å². The maximum atomic E-state index is 4.51. The molecule has 0 atom stereocenters. The second-order valence-corrected chi connectivity index (χ2v) is 4.85. The van der Waals surface area contributed by atoms with Crippen LogP contribution in [0.3, 0.4) is 0 Å². The van der Waals surface area contributed by atoms with Gasteiger partial charge < -0.3 is 9.88 Å². The van der Waals surface area contributed by atoms with Crippen LogP contribution in [-0.4, -0.2) is 30.7 Å². The van der Waals surface area contributed by atoms with E-state index in [1.165, 1.54) is 0 Å². The molecule has 6 heteroatoms. The molecule has 20 heavy (non-hydrogen) atoms. The number of imidazole rings is 1. The minimum absolute atomic E-state index is 0.880. The predicted molar refractivity (Wildman–Crippen MR) is 77.8 cm³/mol. The predicted octanol–water partition coefficient (Wildman–Crippen LogP) is 2.04. The van der Waals surface area contributed by atoms with Crippen molar-refractivity contribution in [1.82, 2.24) is 24.1 Å². The van der Waals surface area contributed by atoms with Gasteiger partial charge >= 0.3 is 0 Å². The summed E-state index contributed by atoms with van der Waals surface area (Å²) in [5.74, 6) is 1.03. The molecule has 0 bridgehead atoms. The van der Waals surface area contributed by atoms with Gasteiger partial charge in [-0.05, 0) is 20.3 Å². The van der Waals surface area contributed by atoms with E-state index in [1.54, 1.807) is 12.4 Å². The van der Waals surface area contributed by atoms with Gasteiger partial charge in [-0.3, -0.25) is 0 Å². The molecule has 0 aliphatic heterocycles. The van der Waals surface area contributed by atoms with E-state index in [2.05, 4.69) is 31.9 Å². The van der Waals surface area contributed by atoms with E-state index in [0.29, 0.717) is 0 Å². The molecule has 3 aromatic rings. The molecule has 0 radical (unpaired) electrons. The highest BCUT2D eigenvalue weighted by molar-refractivity contribution is 5.54. The molecule has 3 heterocycles. The lowest BCUT2D eigenvalue weighted by Crippen LogP contribution is -2.12. The fraction of sp³-hybridized carbons (Fsp3) is 0.357. The summed E-state index contributed by atoms with van der Waals surface area (Å²) < 4.78 is 3.94. The standard InChI is InChI=1S/C14H18N6/c1-11-12(2)18-13-4-6-17-20(13)14(11)16-5-3-8-19-9-7-15-10-19/h4,6-7,9-10,16H,3,5,8H2,1-2H3. The van der Waals surface area contributed by atoms with Crippen LogP contribution in [0, 0.1) is 13.8 Å². The van der Waals surface area contributed by atoms with E-state index < -0.39 is 0 Å². The molecule has 3 rings (SSSR count). The Balaban J connectivity index is 1.70. The summed E-state index contributed by atoms with van der Waals surface area (Å²) >= 11 is 0. The van der Waals surface area contributed by atoms with Crippen LogP contribution in [0.1, 0.15) is 17.7 Å². The summed E-state index contributed by atoms with van der Waals surface area (Å²) in [5.41, 5.74) is 3.06. The highest BCUT2D eigenvalue weighted by atomic mass is 15.3. The Labute approximate surface area is 117 Å². The fourth-order valence-electron chi connectivity index (χ4n) is 2.23. The van der Waals surface area contributed by atoms with Crippen molar-refractivity contribution in [2.75, 3.05) is 11.9 Å². The Morgan fingerprint density at radius 3 is 2.95 bits per heavy atom. The van der Waals surface area contributed by atoms with Crippen molar-refractivity contribution >= 4 is 11.5 Å². The highest BCUT2D eigenvalue weighted by Gasteiger charge is 2.09. The number of aromatic nitrogens is 5. The molecule has 104 valence electrons. The third kappa shape index (κ3) is 2.36. The number of hydrogen-bond donors (Lipinski definition) is 1. The number of nitrogens with zero attached hydrogens (tertiary/aromatic N) is 5. The van der Waals surface area contributed by atoms with Crippen LogP contribution in [0.25, 0.3) is 5.65 Å². The summed E-state index contributed by atoms with van der Waals surface area (Å²) in [7, 11) is 0. The molecule has 0 aliphatic rings. The van der Waals surface area contributed by atoms with Crippen molar-refractivity contribution in [3.63, 3.8) is 0 Å². The van der Waals surface area contributed by atoms with E-state index in [4.69, 9.17) is 0 Å². The lowest BCUT2D eigenvalue weighted by molar-refractivity contribution is 0.658. The van der Waals surface area contributed by atoms with Crippen molar-refractivity contribution in [2.45, 2.75) is 26.8 Å². The van der Waals surface area contributed by atoms with Crippen molar-refractivity contribution < 1.29 is 0 Å². The summed E-state index contributed by atoms with van der Waals surface area (Å²) in [5, 5.41) is 7.80. The zero-order valence-electron chi connectivity index (χ0n) is 11.7. The maximum Gasteiger partial charge on any atom is 0.157 e. The Morgan fingerprint density at radius 2 is 2.15 bits per heavy atom. The molecule has 0 fully saturated rings. The molecule has 0 saturated carbocycles. The topological polar surface area (TPSA) is 60.0 Å². The minimum Gasteiger partial charge on any atom is -0.370 e. The van der Waals surface area contributed by atoms with Crippen LogP contribution in [-0.2, 0) is 6.54 Å². The first-order valence-electron chi connectivity index (χ1n) is 6.76. The average Bonchev–Trinajstić information content (AvgIpc) is 3.09. The first-order chi connectivity index (χ1) is 9.75. The molecular weight excluding hydrogens is 252 g/mol. The van der Waals surface area contributed by atoms with Gasteiger partial charge in [-0.2, -0.15) is 9.61 Å². The zero-order chi connectivity index (χ0) is 13.9. The van der Waals surface area contributed by atoms with E-state index in [9.17, 15) is 0 Å². The van der Waals surface area contributed by atoms with Crippen molar-refractivity contribution in [2.24, 2.45) is 0 Å². The smallest absolute Gasteiger partial charge is 0.157 e. The van der Waals surface area contributed by atoms with Crippen LogP contribution < -0.4 is 5.32 Å². The van der Waals surface area contributed by atoms with Crippen LogP contribution >= 0.6 is 0 Å². The van der Waals surface area contributed by atoms with Gasteiger partial charge in [0.1, 0.15) is 5.82 Å². The van der Waals surface area contributed by atoms with Gasteiger partial charge in [0.25, 0.3) is 0 Å². The van der Waals surface area contributed by atoms with E-state index in [1.807, 2.05) is 30.0 Å². The Morgan fingerprint density at radius 1 is 1.25 bits per heavy atom. The third-order valence-corrected chi connectivity index (χ3v) is 3.46. The van der Waals surface area contributed by atoms with Crippen LogP contribution in [0.5, 0.6) is 0 Å². The number of aryl methyl sites for hydroxylation is 2. The number of anilines is 1. The second kappa shape index (κ2) is 5.32. The molecule has 1 N–H and O–H groups in total. The molecule has 0 aromatic carbocycles. The quantitative estimate of drug-likeness (QED) is 0.721. The Hall–Kier alpha value is -2.37. The first kappa shape index (κ1) is 12.7. The number of rotatable bonds is 5. The molecule has 0 unspecified atom stereocenters. The molecule has 0 saturated heterocycles. The van der Waals surface area contributed by atoms with E-state index in [0.717, 1.165) is 42.2 Å². The second-order valence-electron chi connectivity index (χ2n) is 4.85. The molecular formula is C14H18N6. The van der Waals surface area contributed by atoms with Gasteiger partial charge in [0, 0.05) is 42.8 Å². The van der Waals surface area contributed by atoms with Gasteiger partial charge in [-0.15, -0.1) is 0 Å². The third-order valence-electron chi connectivity index (χ3n) is 3.46. The van der Waals surface area contributed by atoms with Gasteiger partial charge in [0.15, 0.2) is 5.65 Å². The van der Waals surface area contributed by atoms with E-state index in [-0.39, 0.29) is 0 Å². The monoisotopic (exact) mass is 270 g/mol. The number of fused-ring (bicyclic) bond motifs is 1. The lowest BCUT2D eigenvalue weighted by atomic mass is 10.2. The van der Waals surface area contributed by atoms with Crippen LogP contribution in [0.2, 0.25) is 0 Å². The van der Waals surface area contributed by atoms with Crippen molar-refractivity contribution in [3.8, 4) is 0 Å². The Kier molecular flexibility index (Phi) is 3.37. The molecule has 0 amide bonds. The van der Waals surface area contributed by atoms with Crippen molar-refractivity contribution in [3.05, 3.63) is 42.2 Å². The maximum absolute atomic E-state index is 4.51. The summed E-state index contributed by atoms with van der Waals surface area (Å²) in [4.78, 5) is 8.55. The molecule has 3 aromatic heterocycles. The van der Waals surface area contributed by atoms with Gasteiger partial charge in [0.2, 0.25) is 0 Å². The van der Waals surface area contributed by atoms with Crippen LogP contribution in [0.4, 0.5) is 5.82 Å². The van der Waals surface area contributed by atoms with E-state index >= 15 is 0 Å². The minimum atomic E-state index is 0.880. The van der Waals surface area contributed by atoms with Gasteiger partial charge in [-0.1, -0.05) is 0 Å². The van der Waals surface area contributed by atoms with Gasteiger partial charge in [-0.25, -0.2) is 9.97 Å². The fourth-order valence-corrected chi connectivity index (χ4v) is 2.23. The number of nitrogens with one attached hydrogen (secondary N) is 1. The average molecular weight is 270 g/mol.